The molecular weight excluding hydrogens is 348 g/mol. The standard InChI is InChI=1S/C23H40N4O/c1-22-11-4-3-5-16(22)6-8-18-19-9-7-17(23(19,2)12-10-20(18)22)15-27-28-14-13-26-21(24)25/h15-20H,3-14H2,1-2H3,(H4,24,25,26)/b27-15+/t16-,17+,18-,19-,20-,22-,23+/m0/s1. The van der Waals surface area contributed by atoms with Crippen molar-refractivity contribution in [2.45, 2.75) is 78.1 Å². The van der Waals surface area contributed by atoms with Gasteiger partial charge in [0.15, 0.2) is 5.96 Å². The van der Waals surface area contributed by atoms with Gasteiger partial charge in [0, 0.05) is 12.1 Å². The van der Waals surface area contributed by atoms with Crippen LogP contribution in [-0.2, 0) is 4.84 Å². The summed E-state index contributed by atoms with van der Waals surface area (Å²) in [6.07, 6.45) is 16.4. The third-order valence-corrected chi connectivity index (χ3v) is 9.48. The van der Waals surface area contributed by atoms with E-state index in [0.717, 1.165) is 23.7 Å². The van der Waals surface area contributed by atoms with Crippen LogP contribution in [0.2, 0.25) is 0 Å². The molecule has 5 heteroatoms. The lowest BCUT2D eigenvalue weighted by atomic mass is 9.45. The molecule has 4 saturated carbocycles. The maximum absolute atomic E-state index is 7.15. The van der Waals surface area contributed by atoms with Gasteiger partial charge in [0.1, 0.15) is 6.61 Å². The molecule has 0 aliphatic heterocycles. The Balaban J connectivity index is 1.39. The van der Waals surface area contributed by atoms with E-state index >= 15 is 0 Å². The zero-order valence-corrected chi connectivity index (χ0v) is 17.9. The summed E-state index contributed by atoms with van der Waals surface area (Å²) in [5.74, 6) is 4.32. The van der Waals surface area contributed by atoms with E-state index in [4.69, 9.17) is 16.0 Å². The highest BCUT2D eigenvalue weighted by molar-refractivity contribution is 5.74. The van der Waals surface area contributed by atoms with Gasteiger partial charge in [-0.3, -0.25) is 5.41 Å². The van der Waals surface area contributed by atoms with E-state index < -0.39 is 0 Å². The first-order chi connectivity index (χ1) is 13.4. The van der Waals surface area contributed by atoms with Crippen LogP contribution < -0.4 is 11.1 Å². The van der Waals surface area contributed by atoms with Crippen molar-refractivity contribution < 1.29 is 4.84 Å². The first-order valence-corrected chi connectivity index (χ1v) is 11.7. The van der Waals surface area contributed by atoms with Crippen LogP contribution in [0.1, 0.15) is 78.1 Å². The summed E-state index contributed by atoms with van der Waals surface area (Å²) in [7, 11) is 0. The van der Waals surface area contributed by atoms with Crippen LogP contribution in [-0.4, -0.2) is 25.3 Å². The van der Waals surface area contributed by atoms with Crippen LogP contribution in [0.15, 0.2) is 5.16 Å². The fourth-order valence-corrected chi connectivity index (χ4v) is 7.98. The number of nitrogens with zero attached hydrogens (tertiary/aromatic N) is 1. The normalized spacial score (nSPS) is 45.1. The fourth-order valence-electron chi connectivity index (χ4n) is 7.98. The molecule has 0 saturated heterocycles. The zero-order valence-electron chi connectivity index (χ0n) is 17.9. The lowest BCUT2D eigenvalue weighted by molar-refractivity contribution is -0.106. The summed E-state index contributed by atoms with van der Waals surface area (Å²) in [4.78, 5) is 5.42. The number of guanidine groups is 1. The van der Waals surface area contributed by atoms with E-state index in [9.17, 15) is 0 Å². The van der Waals surface area contributed by atoms with Crippen molar-refractivity contribution in [3.63, 3.8) is 0 Å². The molecule has 0 unspecified atom stereocenters. The molecule has 4 rings (SSSR count). The summed E-state index contributed by atoms with van der Waals surface area (Å²) in [5.41, 5.74) is 6.31. The first kappa shape index (κ1) is 20.0. The van der Waals surface area contributed by atoms with Gasteiger partial charge in [-0.05, 0) is 85.9 Å². The number of hydrogen-bond acceptors (Lipinski definition) is 3. The van der Waals surface area contributed by atoms with E-state index in [2.05, 4.69) is 30.5 Å². The minimum absolute atomic E-state index is 0.0168. The third kappa shape index (κ3) is 3.43. The minimum Gasteiger partial charge on any atom is -0.394 e. The Bertz CT molecular complexity index is 607. The monoisotopic (exact) mass is 388 g/mol. The summed E-state index contributed by atoms with van der Waals surface area (Å²) < 4.78 is 0. The van der Waals surface area contributed by atoms with E-state index in [0.29, 0.717) is 29.9 Å². The molecular formula is C23H40N4O. The first-order valence-electron chi connectivity index (χ1n) is 11.7. The summed E-state index contributed by atoms with van der Waals surface area (Å²) in [6.45, 7) is 6.19. The lowest BCUT2D eigenvalue weighted by Gasteiger charge is -2.60. The van der Waals surface area contributed by atoms with E-state index in [1.807, 2.05) is 0 Å². The molecule has 4 aliphatic carbocycles. The molecule has 7 atom stereocenters. The molecule has 0 amide bonds. The highest BCUT2D eigenvalue weighted by atomic mass is 16.6. The molecule has 0 heterocycles. The van der Waals surface area contributed by atoms with Crippen molar-refractivity contribution >= 4 is 12.2 Å². The number of fused-ring (bicyclic) bond motifs is 5. The molecule has 0 bridgehead atoms. The number of nitrogens with one attached hydrogen (secondary N) is 2. The van der Waals surface area contributed by atoms with Gasteiger partial charge in [0.05, 0.1) is 6.54 Å². The van der Waals surface area contributed by atoms with Gasteiger partial charge >= 0.3 is 0 Å². The maximum Gasteiger partial charge on any atom is 0.185 e. The SMILES string of the molecule is C[C@]12CCCC[C@H]1CC[C@@H]1[C@@H]2CC[C@]2(C)[C@@H](/C=N/OCCNC(=N)N)CC[C@@H]12. The van der Waals surface area contributed by atoms with Crippen molar-refractivity contribution in [1.29, 1.82) is 5.41 Å². The molecule has 28 heavy (non-hydrogen) atoms. The Morgan fingerprint density at radius 1 is 1.07 bits per heavy atom. The highest BCUT2D eigenvalue weighted by Crippen LogP contribution is 2.67. The smallest absolute Gasteiger partial charge is 0.185 e. The Morgan fingerprint density at radius 2 is 1.89 bits per heavy atom. The van der Waals surface area contributed by atoms with Crippen LogP contribution in [0, 0.1) is 45.8 Å². The third-order valence-electron chi connectivity index (χ3n) is 9.48. The maximum atomic E-state index is 7.15. The van der Waals surface area contributed by atoms with Crippen LogP contribution in [0.25, 0.3) is 0 Å². The Morgan fingerprint density at radius 3 is 2.71 bits per heavy atom. The molecule has 0 radical (unpaired) electrons. The second-order valence-corrected chi connectivity index (χ2v) is 10.6. The summed E-state index contributed by atoms with van der Waals surface area (Å²) in [5, 5.41) is 14.2. The Labute approximate surface area is 170 Å². The van der Waals surface area contributed by atoms with Crippen LogP contribution in [0.4, 0.5) is 0 Å². The van der Waals surface area contributed by atoms with Gasteiger partial charge in [0.25, 0.3) is 0 Å². The molecule has 0 spiro atoms. The van der Waals surface area contributed by atoms with Crippen LogP contribution >= 0.6 is 0 Å². The van der Waals surface area contributed by atoms with E-state index in [1.165, 1.54) is 64.2 Å². The van der Waals surface area contributed by atoms with Gasteiger partial charge < -0.3 is 15.9 Å². The van der Waals surface area contributed by atoms with Crippen LogP contribution in [0.3, 0.4) is 0 Å². The van der Waals surface area contributed by atoms with Crippen molar-refractivity contribution in [2.24, 2.45) is 51.3 Å². The average Bonchev–Trinajstić information content (AvgIpc) is 3.00. The van der Waals surface area contributed by atoms with Crippen LogP contribution in [0.5, 0.6) is 0 Å². The predicted molar refractivity (Wildman–Crippen MR) is 114 cm³/mol. The van der Waals surface area contributed by atoms with Crippen molar-refractivity contribution in [1.82, 2.24) is 5.32 Å². The Kier molecular flexibility index (Phi) is 5.63. The molecule has 4 N–H and O–H groups in total. The van der Waals surface area contributed by atoms with Gasteiger partial charge in [-0.25, -0.2) is 0 Å². The molecule has 4 aliphatic rings. The number of rotatable bonds is 5. The molecule has 4 fully saturated rings. The van der Waals surface area contributed by atoms with Crippen molar-refractivity contribution in [2.75, 3.05) is 13.2 Å². The topological polar surface area (TPSA) is 83.5 Å². The predicted octanol–water partition coefficient (Wildman–Crippen LogP) is 4.52. The quantitative estimate of drug-likeness (QED) is 0.280. The zero-order chi connectivity index (χ0) is 19.8. The second-order valence-electron chi connectivity index (χ2n) is 10.6. The average molecular weight is 389 g/mol. The summed E-state index contributed by atoms with van der Waals surface area (Å²) in [6, 6.07) is 0. The largest absolute Gasteiger partial charge is 0.394 e. The molecule has 0 aromatic rings. The fraction of sp³-hybridized carbons (Fsp3) is 0.913. The molecule has 158 valence electrons. The van der Waals surface area contributed by atoms with E-state index in [-0.39, 0.29) is 5.96 Å². The second kappa shape index (κ2) is 7.87. The summed E-state index contributed by atoms with van der Waals surface area (Å²) >= 11 is 0. The molecule has 5 nitrogen and oxygen atoms in total. The van der Waals surface area contributed by atoms with Gasteiger partial charge in [-0.2, -0.15) is 0 Å². The van der Waals surface area contributed by atoms with Crippen molar-refractivity contribution in [3.05, 3.63) is 0 Å². The van der Waals surface area contributed by atoms with Gasteiger partial charge in [0.2, 0.25) is 0 Å². The number of nitrogens with two attached hydrogens (primary N) is 1. The lowest BCUT2D eigenvalue weighted by Crippen LogP contribution is -2.52. The Hall–Kier alpha value is -1.26. The van der Waals surface area contributed by atoms with Crippen molar-refractivity contribution in [3.8, 4) is 0 Å². The number of hydrogen-bond donors (Lipinski definition) is 3. The van der Waals surface area contributed by atoms with Gasteiger partial charge in [-0.15, -0.1) is 0 Å². The van der Waals surface area contributed by atoms with E-state index in [1.54, 1.807) is 0 Å². The molecule has 0 aromatic carbocycles. The molecule has 0 aromatic heterocycles. The minimum atomic E-state index is -0.0168. The number of oxime groups is 1. The van der Waals surface area contributed by atoms with Gasteiger partial charge in [-0.1, -0.05) is 31.8 Å². The highest BCUT2D eigenvalue weighted by Gasteiger charge is 2.59.